The number of ether oxygens (including phenoxy) is 1. The number of carbonyl (C=O) groups is 1. The van der Waals surface area contributed by atoms with Crippen LogP contribution in [-0.4, -0.2) is 34.1 Å². The smallest absolute Gasteiger partial charge is 0.257 e. The van der Waals surface area contributed by atoms with E-state index in [1.54, 1.807) is 23.8 Å². The summed E-state index contributed by atoms with van der Waals surface area (Å²) in [7, 11) is 1.63. The average Bonchev–Trinajstić information content (AvgIpc) is 3.14. The molecular weight excluding hydrogens is 450 g/mol. The van der Waals surface area contributed by atoms with Gasteiger partial charge in [0, 0.05) is 17.3 Å². The van der Waals surface area contributed by atoms with Crippen molar-refractivity contribution in [3.8, 4) is 11.4 Å². The van der Waals surface area contributed by atoms with Crippen molar-refractivity contribution in [3.05, 3.63) is 88.9 Å². The minimum absolute atomic E-state index is 0.273. The summed E-state index contributed by atoms with van der Waals surface area (Å²) in [4.78, 5) is 22.8. The number of nitrogens with one attached hydrogen (secondary N) is 1. The number of methoxy groups -OCH3 is 1. The summed E-state index contributed by atoms with van der Waals surface area (Å²) in [5.41, 5.74) is 11.0. The van der Waals surface area contributed by atoms with E-state index in [1.807, 2.05) is 60.7 Å². The molecule has 5 rings (SSSR count). The summed E-state index contributed by atoms with van der Waals surface area (Å²) < 4.78 is 6.93. The second-order valence-electron chi connectivity index (χ2n) is 7.81. The number of carbonyl (C=O) groups excluding carboxylic acids is 1. The van der Waals surface area contributed by atoms with Crippen LogP contribution < -0.4 is 15.8 Å². The van der Waals surface area contributed by atoms with E-state index in [2.05, 4.69) is 5.32 Å². The van der Waals surface area contributed by atoms with E-state index in [1.165, 1.54) is 0 Å². The van der Waals surface area contributed by atoms with Crippen LogP contribution in [0.3, 0.4) is 0 Å². The molecule has 2 aromatic heterocycles. The zero-order valence-electron chi connectivity index (χ0n) is 18.5. The molecule has 0 spiro atoms. The lowest BCUT2D eigenvalue weighted by Crippen LogP contribution is -2.26. The van der Waals surface area contributed by atoms with Crippen molar-refractivity contribution in [2.24, 2.45) is 0 Å². The number of nitrogen functional groups attached to an aromatic ring is 1. The van der Waals surface area contributed by atoms with Gasteiger partial charge < -0.3 is 15.8 Å². The first-order chi connectivity index (χ1) is 16.5. The number of amides is 1. The highest BCUT2D eigenvalue weighted by atomic mass is 35.5. The summed E-state index contributed by atoms with van der Waals surface area (Å²) in [6.07, 6.45) is 0.667. The van der Waals surface area contributed by atoms with Gasteiger partial charge in [-0.3, -0.25) is 9.36 Å². The van der Waals surface area contributed by atoms with Gasteiger partial charge in [0.15, 0.2) is 5.65 Å². The van der Waals surface area contributed by atoms with E-state index in [4.69, 9.17) is 32.0 Å². The van der Waals surface area contributed by atoms with E-state index in [0.29, 0.717) is 45.7 Å². The van der Waals surface area contributed by atoms with E-state index in [-0.39, 0.29) is 11.7 Å². The van der Waals surface area contributed by atoms with Crippen LogP contribution in [0.1, 0.15) is 15.9 Å². The molecule has 0 atom stereocenters. The summed E-state index contributed by atoms with van der Waals surface area (Å²) in [5.74, 6) is 0.768. The SMILES string of the molecule is COc1ccc(CCNC(=O)c2c(N)n(-c3ccc(Cl)cc3)c3nc4ccccc4nc23)cc1. The van der Waals surface area contributed by atoms with Gasteiger partial charge in [-0.25, -0.2) is 9.97 Å². The predicted octanol–water partition coefficient (Wildman–Crippen LogP) is 4.79. The fourth-order valence-electron chi connectivity index (χ4n) is 3.94. The lowest BCUT2D eigenvalue weighted by molar-refractivity contribution is 0.0956. The normalized spacial score (nSPS) is 11.1. The van der Waals surface area contributed by atoms with Crippen LogP contribution in [0.2, 0.25) is 5.02 Å². The topological polar surface area (TPSA) is 95.1 Å². The van der Waals surface area contributed by atoms with E-state index in [9.17, 15) is 4.79 Å². The zero-order chi connectivity index (χ0) is 23.7. The molecule has 0 aliphatic heterocycles. The number of aromatic nitrogens is 3. The van der Waals surface area contributed by atoms with Crippen molar-refractivity contribution < 1.29 is 9.53 Å². The lowest BCUT2D eigenvalue weighted by Gasteiger charge is -2.09. The summed E-state index contributed by atoms with van der Waals surface area (Å²) in [6.45, 7) is 0.444. The molecule has 5 aromatic rings. The number of halogens is 1. The molecule has 3 N–H and O–H groups in total. The van der Waals surface area contributed by atoms with Gasteiger partial charge in [0.1, 0.15) is 22.6 Å². The van der Waals surface area contributed by atoms with E-state index < -0.39 is 0 Å². The molecule has 34 heavy (non-hydrogen) atoms. The Kier molecular flexibility index (Phi) is 5.77. The predicted molar refractivity (Wildman–Crippen MR) is 135 cm³/mol. The molecule has 0 saturated carbocycles. The van der Waals surface area contributed by atoms with Gasteiger partial charge in [-0.05, 0) is 60.5 Å². The molecule has 0 aliphatic carbocycles. The Bertz CT molecular complexity index is 1490. The van der Waals surface area contributed by atoms with Gasteiger partial charge >= 0.3 is 0 Å². The van der Waals surface area contributed by atoms with Gasteiger partial charge in [0.05, 0.1) is 18.1 Å². The molecule has 8 heteroatoms. The third kappa shape index (κ3) is 4.02. The molecule has 2 heterocycles. The summed E-state index contributed by atoms with van der Waals surface area (Å²) >= 11 is 6.08. The fraction of sp³-hybridized carbons (Fsp3) is 0.115. The molecule has 0 aliphatic rings. The number of fused-ring (bicyclic) bond motifs is 2. The van der Waals surface area contributed by atoms with Crippen LogP contribution in [0.15, 0.2) is 72.8 Å². The Labute approximate surface area is 201 Å². The average molecular weight is 472 g/mol. The van der Waals surface area contributed by atoms with Crippen LogP contribution in [0.4, 0.5) is 5.82 Å². The largest absolute Gasteiger partial charge is 0.497 e. The maximum atomic E-state index is 13.3. The standard InChI is InChI=1S/C26H22ClN5O2/c1-34-19-12-6-16(7-13-19)14-15-29-26(33)22-23-25(31-21-5-3-2-4-20(21)30-23)32(24(22)28)18-10-8-17(27)9-11-18/h2-13H,14-15,28H2,1H3,(H,29,33). The molecule has 170 valence electrons. The highest BCUT2D eigenvalue weighted by Gasteiger charge is 2.24. The van der Waals surface area contributed by atoms with Crippen molar-refractivity contribution >= 4 is 45.5 Å². The first-order valence-corrected chi connectivity index (χ1v) is 11.2. The first kappa shape index (κ1) is 21.7. The number of hydrogen-bond donors (Lipinski definition) is 2. The van der Waals surface area contributed by atoms with Crippen LogP contribution in [-0.2, 0) is 6.42 Å². The van der Waals surface area contributed by atoms with Crippen molar-refractivity contribution in [1.82, 2.24) is 19.9 Å². The van der Waals surface area contributed by atoms with Crippen molar-refractivity contribution in [2.45, 2.75) is 6.42 Å². The minimum Gasteiger partial charge on any atom is -0.497 e. The third-order valence-corrected chi connectivity index (χ3v) is 5.92. The van der Waals surface area contributed by atoms with Crippen LogP contribution in [0, 0.1) is 0 Å². The molecule has 0 saturated heterocycles. The van der Waals surface area contributed by atoms with Crippen LogP contribution in [0.5, 0.6) is 5.75 Å². The van der Waals surface area contributed by atoms with Gasteiger partial charge in [-0.15, -0.1) is 0 Å². The molecule has 7 nitrogen and oxygen atoms in total. The van der Waals surface area contributed by atoms with Crippen molar-refractivity contribution in [3.63, 3.8) is 0 Å². The Balaban J connectivity index is 1.52. The highest BCUT2D eigenvalue weighted by molar-refractivity contribution is 6.30. The molecule has 0 unspecified atom stereocenters. The highest BCUT2D eigenvalue weighted by Crippen LogP contribution is 2.31. The number of para-hydroxylation sites is 2. The third-order valence-electron chi connectivity index (χ3n) is 5.67. The second kappa shape index (κ2) is 9.03. The minimum atomic E-state index is -0.298. The van der Waals surface area contributed by atoms with Crippen molar-refractivity contribution in [1.29, 1.82) is 0 Å². The number of nitrogens with two attached hydrogens (primary N) is 1. The van der Waals surface area contributed by atoms with Gasteiger partial charge in [0.25, 0.3) is 5.91 Å². The van der Waals surface area contributed by atoms with Gasteiger partial charge in [-0.1, -0.05) is 35.9 Å². The Morgan fingerprint density at radius 1 is 1.00 bits per heavy atom. The second-order valence-corrected chi connectivity index (χ2v) is 8.25. The van der Waals surface area contributed by atoms with Crippen molar-refractivity contribution in [2.75, 3.05) is 19.4 Å². The Morgan fingerprint density at radius 2 is 1.68 bits per heavy atom. The molecule has 0 fully saturated rings. The van der Waals surface area contributed by atoms with E-state index in [0.717, 1.165) is 17.0 Å². The first-order valence-electron chi connectivity index (χ1n) is 10.8. The number of hydrogen-bond acceptors (Lipinski definition) is 5. The van der Waals surface area contributed by atoms with Crippen LogP contribution >= 0.6 is 11.6 Å². The Hall–Kier alpha value is -4.10. The number of rotatable bonds is 6. The molecule has 0 radical (unpaired) electrons. The molecule has 3 aromatic carbocycles. The lowest BCUT2D eigenvalue weighted by atomic mass is 10.1. The molecular formula is C26H22ClN5O2. The number of anilines is 1. The summed E-state index contributed by atoms with van der Waals surface area (Å²) in [5, 5.41) is 3.58. The Morgan fingerprint density at radius 3 is 2.35 bits per heavy atom. The molecule has 1 amide bonds. The van der Waals surface area contributed by atoms with E-state index >= 15 is 0 Å². The number of benzene rings is 3. The van der Waals surface area contributed by atoms with Gasteiger partial charge in [0.2, 0.25) is 0 Å². The van der Waals surface area contributed by atoms with Crippen LogP contribution in [0.25, 0.3) is 27.9 Å². The number of nitrogens with zero attached hydrogens (tertiary/aromatic N) is 3. The molecule has 0 bridgehead atoms. The monoisotopic (exact) mass is 471 g/mol. The summed E-state index contributed by atoms with van der Waals surface area (Å²) in [6, 6.07) is 22.5. The van der Waals surface area contributed by atoms with Gasteiger partial charge in [-0.2, -0.15) is 0 Å². The quantitative estimate of drug-likeness (QED) is 0.371. The maximum absolute atomic E-state index is 13.3. The fourth-order valence-corrected chi connectivity index (χ4v) is 4.06. The zero-order valence-corrected chi connectivity index (χ0v) is 19.2. The maximum Gasteiger partial charge on any atom is 0.257 e.